The molecule has 5 heteroatoms. The van der Waals surface area contributed by atoms with E-state index in [1.54, 1.807) is 18.2 Å². The van der Waals surface area contributed by atoms with Crippen molar-refractivity contribution in [1.82, 2.24) is 9.97 Å². The van der Waals surface area contributed by atoms with E-state index in [2.05, 4.69) is 9.97 Å². The molecule has 86 valence electrons. The lowest BCUT2D eigenvalue weighted by Crippen LogP contribution is -1.91. The Hall–Kier alpha value is -2.43. The number of carbonyl (C=O) groups is 1. The maximum atomic E-state index is 10.4. The number of ether oxygens (including phenoxy) is 1. The Balaban J connectivity index is 2.41. The summed E-state index contributed by atoms with van der Waals surface area (Å²) >= 11 is 0. The van der Waals surface area contributed by atoms with Gasteiger partial charge >= 0.3 is 5.97 Å². The third-order valence-electron chi connectivity index (χ3n) is 2.17. The highest BCUT2D eigenvalue weighted by Crippen LogP contribution is 2.15. The number of carboxylic acids is 1. The molecule has 2 rings (SSSR count). The molecule has 0 unspecified atom stereocenters. The van der Waals surface area contributed by atoms with Crippen LogP contribution in [0.1, 0.15) is 5.56 Å². The minimum absolute atomic E-state index is 0.450. The fourth-order valence-electron chi connectivity index (χ4n) is 1.38. The summed E-state index contributed by atoms with van der Waals surface area (Å²) in [7, 11) is 1.53. The molecular formula is C12H10N2O3. The topological polar surface area (TPSA) is 72.3 Å². The highest BCUT2D eigenvalue weighted by molar-refractivity contribution is 5.86. The lowest BCUT2D eigenvalue weighted by molar-refractivity contribution is -0.131. The molecule has 0 spiro atoms. The number of carboxylic acid groups (broad SMARTS) is 1. The molecule has 1 aromatic heterocycles. The van der Waals surface area contributed by atoms with Gasteiger partial charge in [0.05, 0.1) is 24.3 Å². The molecule has 0 amide bonds. The number of rotatable bonds is 3. The molecule has 0 aliphatic heterocycles. The van der Waals surface area contributed by atoms with Crippen molar-refractivity contribution in [3.05, 3.63) is 36.0 Å². The molecule has 0 bridgehead atoms. The van der Waals surface area contributed by atoms with E-state index >= 15 is 0 Å². The highest BCUT2D eigenvalue weighted by atomic mass is 16.5. The molecule has 0 saturated heterocycles. The van der Waals surface area contributed by atoms with Gasteiger partial charge in [-0.05, 0) is 23.8 Å². The minimum Gasteiger partial charge on any atom is -0.480 e. The van der Waals surface area contributed by atoms with Crippen molar-refractivity contribution in [2.75, 3.05) is 7.11 Å². The van der Waals surface area contributed by atoms with Crippen molar-refractivity contribution >= 4 is 23.1 Å². The molecule has 0 aliphatic carbocycles. The van der Waals surface area contributed by atoms with Crippen LogP contribution in [0.4, 0.5) is 0 Å². The zero-order valence-corrected chi connectivity index (χ0v) is 9.12. The number of benzene rings is 1. The van der Waals surface area contributed by atoms with Crippen molar-refractivity contribution in [3.63, 3.8) is 0 Å². The Kier molecular flexibility index (Phi) is 3.00. The normalized spacial score (nSPS) is 10.9. The van der Waals surface area contributed by atoms with E-state index in [-0.39, 0.29) is 0 Å². The van der Waals surface area contributed by atoms with Gasteiger partial charge in [0, 0.05) is 6.08 Å². The van der Waals surface area contributed by atoms with Crippen LogP contribution in [0.25, 0.3) is 17.1 Å². The van der Waals surface area contributed by atoms with E-state index < -0.39 is 5.97 Å². The van der Waals surface area contributed by atoms with Gasteiger partial charge in [0.1, 0.15) is 0 Å². The summed E-state index contributed by atoms with van der Waals surface area (Å²) < 4.78 is 4.97. The number of aromatic nitrogens is 2. The van der Waals surface area contributed by atoms with Gasteiger partial charge in [-0.25, -0.2) is 14.8 Å². The van der Waals surface area contributed by atoms with E-state index in [1.807, 2.05) is 0 Å². The van der Waals surface area contributed by atoms with Gasteiger partial charge in [0.25, 0.3) is 0 Å². The van der Waals surface area contributed by atoms with Gasteiger partial charge in [0.15, 0.2) is 0 Å². The van der Waals surface area contributed by atoms with E-state index in [0.717, 1.165) is 11.6 Å². The van der Waals surface area contributed by atoms with Crippen molar-refractivity contribution in [2.24, 2.45) is 0 Å². The summed E-state index contributed by atoms with van der Waals surface area (Å²) in [5.41, 5.74) is 2.16. The van der Waals surface area contributed by atoms with E-state index in [0.29, 0.717) is 16.9 Å². The number of methoxy groups -OCH3 is 1. The molecule has 5 nitrogen and oxygen atoms in total. The van der Waals surface area contributed by atoms with Crippen LogP contribution < -0.4 is 4.74 Å². The van der Waals surface area contributed by atoms with Crippen LogP contribution in [0, 0.1) is 0 Å². The van der Waals surface area contributed by atoms with Crippen LogP contribution in [0.3, 0.4) is 0 Å². The van der Waals surface area contributed by atoms with E-state index in [4.69, 9.17) is 9.84 Å². The predicted molar refractivity (Wildman–Crippen MR) is 62.8 cm³/mol. The average Bonchev–Trinajstić information content (AvgIpc) is 2.35. The molecule has 1 N–H and O–H groups in total. The maximum absolute atomic E-state index is 10.4. The lowest BCUT2D eigenvalue weighted by Gasteiger charge is -2.01. The summed E-state index contributed by atoms with van der Waals surface area (Å²) in [6.07, 6.45) is 4.11. The Morgan fingerprint density at radius 3 is 2.94 bits per heavy atom. The summed E-state index contributed by atoms with van der Waals surface area (Å²) in [6.45, 7) is 0. The van der Waals surface area contributed by atoms with Crippen LogP contribution in [-0.2, 0) is 4.79 Å². The average molecular weight is 230 g/mol. The molecule has 2 aromatic rings. The first kappa shape index (κ1) is 11.1. The molecule has 17 heavy (non-hydrogen) atoms. The quantitative estimate of drug-likeness (QED) is 0.813. The lowest BCUT2D eigenvalue weighted by atomic mass is 10.2. The predicted octanol–water partition coefficient (Wildman–Crippen LogP) is 1.74. The van der Waals surface area contributed by atoms with Gasteiger partial charge in [0.2, 0.25) is 5.88 Å². The van der Waals surface area contributed by atoms with E-state index in [9.17, 15) is 4.79 Å². The molecule has 1 heterocycles. The Bertz CT molecular complexity index is 593. The number of nitrogens with zero attached hydrogens (tertiary/aromatic N) is 2. The number of hydrogen-bond donors (Lipinski definition) is 1. The molecule has 0 atom stereocenters. The van der Waals surface area contributed by atoms with Gasteiger partial charge in [-0.1, -0.05) is 6.07 Å². The second-order valence-electron chi connectivity index (χ2n) is 3.33. The highest BCUT2D eigenvalue weighted by Gasteiger charge is 2.00. The number of aliphatic carboxylic acids is 1. The smallest absolute Gasteiger partial charge is 0.328 e. The maximum Gasteiger partial charge on any atom is 0.328 e. The summed E-state index contributed by atoms with van der Waals surface area (Å²) in [5.74, 6) is -0.530. The Labute approximate surface area is 97.4 Å². The Morgan fingerprint density at radius 1 is 1.41 bits per heavy atom. The first-order valence-electron chi connectivity index (χ1n) is 4.91. The van der Waals surface area contributed by atoms with Crippen LogP contribution in [0.5, 0.6) is 5.88 Å². The second-order valence-corrected chi connectivity index (χ2v) is 3.33. The molecule has 0 saturated carbocycles. The fraction of sp³-hybridized carbons (Fsp3) is 0.0833. The summed E-state index contributed by atoms with van der Waals surface area (Å²) in [6, 6.07) is 5.31. The number of hydrogen-bond acceptors (Lipinski definition) is 4. The van der Waals surface area contributed by atoms with Crippen LogP contribution >= 0.6 is 0 Å². The standard InChI is InChI=1S/C12H10N2O3/c1-17-11-7-13-10-6-8(3-5-12(15)16)2-4-9(10)14-11/h2-7H,1H3,(H,15,16)/b5-3+. The van der Waals surface area contributed by atoms with Crippen molar-refractivity contribution in [2.45, 2.75) is 0 Å². The second kappa shape index (κ2) is 4.61. The zero-order valence-electron chi connectivity index (χ0n) is 9.12. The molecule has 0 aliphatic rings. The molecule has 0 fully saturated rings. The summed E-state index contributed by atoms with van der Waals surface area (Å²) in [4.78, 5) is 18.8. The monoisotopic (exact) mass is 230 g/mol. The molecule has 1 aromatic carbocycles. The number of fused-ring (bicyclic) bond motifs is 1. The summed E-state index contributed by atoms with van der Waals surface area (Å²) in [5, 5.41) is 8.53. The molecular weight excluding hydrogens is 220 g/mol. The van der Waals surface area contributed by atoms with Gasteiger partial charge in [-0.15, -0.1) is 0 Å². The van der Waals surface area contributed by atoms with Gasteiger partial charge < -0.3 is 9.84 Å². The molecule has 0 radical (unpaired) electrons. The Morgan fingerprint density at radius 2 is 2.24 bits per heavy atom. The van der Waals surface area contributed by atoms with Crippen molar-refractivity contribution in [1.29, 1.82) is 0 Å². The zero-order chi connectivity index (χ0) is 12.3. The van der Waals surface area contributed by atoms with Crippen molar-refractivity contribution in [3.8, 4) is 5.88 Å². The van der Waals surface area contributed by atoms with Crippen LogP contribution in [0.15, 0.2) is 30.5 Å². The van der Waals surface area contributed by atoms with E-state index in [1.165, 1.54) is 19.4 Å². The first-order valence-corrected chi connectivity index (χ1v) is 4.91. The largest absolute Gasteiger partial charge is 0.480 e. The first-order chi connectivity index (χ1) is 8.19. The van der Waals surface area contributed by atoms with Crippen molar-refractivity contribution < 1.29 is 14.6 Å². The fourth-order valence-corrected chi connectivity index (χ4v) is 1.38. The minimum atomic E-state index is -0.981. The third kappa shape index (κ3) is 2.57. The van der Waals surface area contributed by atoms with Gasteiger partial charge in [-0.3, -0.25) is 0 Å². The van der Waals surface area contributed by atoms with Crippen LogP contribution in [0.2, 0.25) is 0 Å². The van der Waals surface area contributed by atoms with Crippen LogP contribution in [-0.4, -0.2) is 28.2 Å². The van der Waals surface area contributed by atoms with Gasteiger partial charge in [-0.2, -0.15) is 0 Å². The third-order valence-corrected chi connectivity index (χ3v) is 2.17. The SMILES string of the molecule is COc1cnc2cc(/C=C/C(=O)O)ccc2n1.